The van der Waals surface area contributed by atoms with E-state index in [9.17, 15) is 4.79 Å². The van der Waals surface area contributed by atoms with Gasteiger partial charge in [-0.15, -0.1) is 11.3 Å². The van der Waals surface area contributed by atoms with Gasteiger partial charge < -0.3 is 14.2 Å². The van der Waals surface area contributed by atoms with Gasteiger partial charge in [0.15, 0.2) is 11.5 Å². The van der Waals surface area contributed by atoms with E-state index in [0.717, 1.165) is 16.3 Å². The third kappa shape index (κ3) is 4.01. The minimum absolute atomic E-state index is 0.108. The lowest BCUT2D eigenvalue weighted by atomic mass is 10.2. The summed E-state index contributed by atoms with van der Waals surface area (Å²) in [5.41, 5.74) is 3.56. The van der Waals surface area contributed by atoms with E-state index >= 15 is 0 Å². The zero-order valence-electron chi connectivity index (χ0n) is 16.6. The second-order valence-corrected chi connectivity index (χ2v) is 7.05. The molecule has 8 heteroatoms. The maximum Gasteiger partial charge on any atom is 0.342 e. The average molecular weight is 401 g/mol. The summed E-state index contributed by atoms with van der Waals surface area (Å²) < 4.78 is 18.1. The van der Waals surface area contributed by atoms with Gasteiger partial charge in [0, 0.05) is 23.7 Å². The molecule has 148 valence electrons. The number of hydrogen-bond donors (Lipinski definition) is 0. The number of ether oxygens (including phenoxy) is 3. The van der Waals surface area contributed by atoms with Gasteiger partial charge in [-0.2, -0.15) is 5.10 Å². The molecule has 0 aliphatic rings. The molecule has 0 spiro atoms. The second-order valence-electron chi connectivity index (χ2n) is 6.19. The van der Waals surface area contributed by atoms with Crippen LogP contribution >= 0.6 is 11.3 Å². The van der Waals surface area contributed by atoms with Crippen LogP contribution in [0, 0.1) is 13.8 Å². The van der Waals surface area contributed by atoms with Gasteiger partial charge >= 0.3 is 5.97 Å². The Labute approximate surface area is 167 Å². The molecule has 2 aromatic heterocycles. The molecule has 0 aliphatic carbocycles. The number of hydrogen-bond acceptors (Lipinski definition) is 7. The first-order valence-electron chi connectivity index (χ1n) is 8.87. The first-order chi connectivity index (χ1) is 13.4. The van der Waals surface area contributed by atoms with Crippen molar-refractivity contribution in [2.75, 3.05) is 13.7 Å². The van der Waals surface area contributed by atoms with Crippen molar-refractivity contribution >= 4 is 17.3 Å². The van der Waals surface area contributed by atoms with E-state index in [4.69, 9.17) is 14.2 Å². The van der Waals surface area contributed by atoms with Crippen LogP contribution in [0.5, 0.6) is 11.5 Å². The third-order valence-corrected chi connectivity index (χ3v) is 5.27. The molecule has 0 bridgehead atoms. The Kier molecular flexibility index (Phi) is 5.99. The van der Waals surface area contributed by atoms with Crippen LogP contribution in [0.1, 0.15) is 34.4 Å². The van der Waals surface area contributed by atoms with Crippen molar-refractivity contribution in [3.05, 3.63) is 46.2 Å². The maximum absolute atomic E-state index is 12.4. The summed E-state index contributed by atoms with van der Waals surface area (Å²) in [6.07, 6.45) is 0. The number of aromatic nitrogens is 3. The highest BCUT2D eigenvalue weighted by Gasteiger charge is 2.19. The number of esters is 1. The zero-order valence-corrected chi connectivity index (χ0v) is 17.4. The van der Waals surface area contributed by atoms with Crippen LogP contribution in [0.15, 0.2) is 23.6 Å². The number of rotatable bonds is 7. The number of carbonyl (C=O) groups excluding carboxylic acids is 1. The molecular formula is C20H23N3O4S. The Hall–Kier alpha value is -2.87. The van der Waals surface area contributed by atoms with Crippen molar-refractivity contribution in [1.29, 1.82) is 0 Å². The first-order valence-corrected chi connectivity index (χ1v) is 9.75. The second kappa shape index (κ2) is 8.43. The highest BCUT2D eigenvalue weighted by atomic mass is 32.1. The van der Waals surface area contributed by atoms with E-state index in [1.165, 1.54) is 11.3 Å². The van der Waals surface area contributed by atoms with Crippen molar-refractivity contribution in [3.63, 3.8) is 0 Å². The van der Waals surface area contributed by atoms with Crippen molar-refractivity contribution in [3.8, 4) is 22.1 Å². The predicted octanol–water partition coefficient (Wildman–Crippen LogP) is 3.92. The Morgan fingerprint density at radius 1 is 1.25 bits per heavy atom. The van der Waals surface area contributed by atoms with Gasteiger partial charge in [0.1, 0.15) is 17.2 Å². The fourth-order valence-electron chi connectivity index (χ4n) is 2.86. The van der Waals surface area contributed by atoms with E-state index in [1.54, 1.807) is 25.8 Å². The van der Waals surface area contributed by atoms with E-state index < -0.39 is 0 Å². The van der Waals surface area contributed by atoms with Crippen LogP contribution in [0.4, 0.5) is 0 Å². The lowest BCUT2D eigenvalue weighted by molar-refractivity contribution is 0.0466. The smallest absolute Gasteiger partial charge is 0.342 e. The molecule has 0 amide bonds. The van der Waals surface area contributed by atoms with E-state index in [2.05, 4.69) is 10.1 Å². The number of aryl methyl sites for hydroxylation is 2. The molecule has 0 saturated carbocycles. The van der Waals surface area contributed by atoms with Gasteiger partial charge in [-0.25, -0.2) is 9.78 Å². The van der Waals surface area contributed by atoms with Gasteiger partial charge in [-0.3, -0.25) is 4.68 Å². The summed E-state index contributed by atoms with van der Waals surface area (Å²) in [5.74, 6) is 0.965. The molecule has 0 radical (unpaired) electrons. The fourth-order valence-corrected chi connectivity index (χ4v) is 3.66. The Morgan fingerprint density at radius 2 is 2.04 bits per heavy atom. The van der Waals surface area contributed by atoms with Gasteiger partial charge in [0.25, 0.3) is 0 Å². The summed E-state index contributed by atoms with van der Waals surface area (Å²) in [6.45, 7) is 6.24. The highest BCUT2D eigenvalue weighted by Crippen LogP contribution is 2.34. The SMILES string of the molecule is CCOc1ccc(-c2nc(COC(=O)c3c(C)nn(C)c3C)cs2)cc1OC. The molecule has 2 heterocycles. The van der Waals surface area contributed by atoms with Gasteiger partial charge in [0.05, 0.1) is 25.1 Å². The molecule has 0 N–H and O–H groups in total. The van der Waals surface area contributed by atoms with Gasteiger partial charge in [-0.05, 0) is 39.0 Å². The molecule has 7 nitrogen and oxygen atoms in total. The molecular weight excluding hydrogens is 378 g/mol. The quantitative estimate of drug-likeness (QED) is 0.559. The highest BCUT2D eigenvalue weighted by molar-refractivity contribution is 7.13. The Bertz CT molecular complexity index is 993. The normalized spacial score (nSPS) is 10.8. The minimum Gasteiger partial charge on any atom is -0.493 e. The molecule has 0 unspecified atom stereocenters. The summed E-state index contributed by atoms with van der Waals surface area (Å²) in [6, 6.07) is 5.69. The molecule has 0 atom stereocenters. The lowest BCUT2D eigenvalue weighted by Gasteiger charge is -2.09. The van der Waals surface area contributed by atoms with Crippen molar-refractivity contribution in [1.82, 2.24) is 14.8 Å². The first kappa shape index (κ1) is 19.9. The van der Waals surface area contributed by atoms with Crippen molar-refractivity contribution in [2.24, 2.45) is 7.05 Å². The van der Waals surface area contributed by atoms with Crippen molar-refractivity contribution < 1.29 is 19.0 Å². The number of thiazole rings is 1. The Balaban J connectivity index is 1.71. The summed E-state index contributed by atoms with van der Waals surface area (Å²) >= 11 is 1.48. The minimum atomic E-state index is -0.389. The van der Waals surface area contributed by atoms with E-state index in [0.29, 0.717) is 35.1 Å². The third-order valence-electron chi connectivity index (χ3n) is 4.33. The molecule has 3 rings (SSSR count). The number of benzene rings is 1. The monoisotopic (exact) mass is 401 g/mol. The maximum atomic E-state index is 12.4. The molecule has 28 heavy (non-hydrogen) atoms. The zero-order chi connectivity index (χ0) is 20.3. The fraction of sp³-hybridized carbons (Fsp3) is 0.350. The number of nitrogens with zero attached hydrogens (tertiary/aromatic N) is 3. The predicted molar refractivity (Wildman–Crippen MR) is 107 cm³/mol. The molecule has 3 aromatic rings. The summed E-state index contributed by atoms with van der Waals surface area (Å²) in [7, 11) is 3.41. The number of methoxy groups -OCH3 is 1. The van der Waals surface area contributed by atoms with E-state index in [1.807, 2.05) is 37.4 Å². The average Bonchev–Trinajstić information content (AvgIpc) is 3.25. The van der Waals surface area contributed by atoms with Crippen LogP contribution < -0.4 is 9.47 Å². The topological polar surface area (TPSA) is 75.5 Å². The van der Waals surface area contributed by atoms with Crippen LogP contribution in [0.25, 0.3) is 10.6 Å². The lowest BCUT2D eigenvalue weighted by Crippen LogP contribution is -2.08. The summed E-state index contributed by atoms with van der Waals surface area (Å²) in [5, 5.41) is 6.95. The van der Waals surface area contributed by atoms with Gasteiger partial charge in [-0.1, -0.05) is 0 Å². The van der Waals surface area contributed by atoms with Gasteiger partial charge in [0.2, 0.25) is 0 Å². The van der Waals surface area contributed by atoms with Crippen LogP contribution in [-0.2, 0) is 18.4 Å². The molecule has 0 fully saturated rings. The standard InChI is InChI=1S/C20H23N3O4S/c1-6-26-16-8-7-14(9-17(16)25-5)19-21-15(11-28-19)10-27-20(24)18-12(2)22-23(4)13(18)3/h7-9,11H,6,10H2,1-5H3. The van der Waals surface area contributed by atoms with Crippen LogP contribution in [-0.4, -0.2) is 34.5 Å². The Morgan fingerprint density at radius 3 is 2.68 bits per heavy atom. The van der Waals surface area contributed by atoms with Crippen LogP contribution in [0.2, 0.25) is 0 Å². The number of carbonyl (C=O) groups is 1. The molecule has 1 aromatic carbocycles. The van der Waals surface area contributed by atoms with Crippen molar-refractivity contribution in [2.45, 2.75) is 27.4 Å². The largest absolute Gasteiger partial charge is 0.493 e. The summed E-state index contributed by atoms with van der Waals surface area (Å²) in [4.78, 5) is 17.0. The molecule has 0 saturated heterocycles. The van der Waals surface area contributed by atoms with E-state index in [-0.39, 0.29) is 12.6 Å². The molecule has 0 aliphatic heterocycles. The van der Waals surface area contributed by atoms with Crippen LogP contribution in [0.3, 0.4) is 0 Å².